The Bertz CT molecular complexity index is 252. The molecule has 2 rings (SSSR count). The molecule has 0 aromatic heterocycles. The molecule has 2 aliphatic rings. The number of nitrogens with one attached hydrogen (secondary N) is 2. The summed E-state index contributed by atoms with van der Waals surface area (Å²) in [5.74, 6) is 0.0717. The smallest absolute Gasteiger partial charge is 0.239 e. The van der Waals surface area contributed by atoms with Gasteiger partial charge in [-0.15, -0.1) is 0 Å². The highest BCUT2D eigenvalue weighted by molar-refractivity contribution is 7.80. The zero-order valence-electron chi connectivity index (χ0n) is 8.08. The summed E-state index contributed by atoms with van der Waals surface area (Å²) in [6.45, 7) is 2.04. The molecule has 0 unspecified atom stereocenters. The van der Waals surface area contributed by atoms with Crippen LogP contribution in [0.25, 0.3) is 0 Å². The van der Waals surface area contributed by atoms with Gasteiger partial charge in [-0.2, -0.15) is 0 Å². The predicted octanol–water partition coefficient (Wildman–Crippen LogP) is -0.155. The van der Waals surface area contributed by atoms with Gasteiger partial charge in [0.15, 0.2) is 5.11 Å². The fourth-order valence-electron chi connectivity index (χ4n) is 1.47. The number of rotatable bonds is 1. The van der Waals surface area contributed by atoms with Crippen LogP contribution in [0.2, 0.25) is 0 Å². The second-order valence-electron chi connectivity index (χ2n) is 3.85. The maximum absolute atomic E-state index is 11.3. The first kappa shape index (κ1) is 9.71. The van der Waals surface area contributed by atoms with E-state index in [9.17, 15) is 4.79 Å². The maximum Gasteiger partial charge on any atom is 0.239 e. The SMILES string of the molecule is O=C1CN(C(=S)NC2CC2)CCCN1. The van der Waals surface area contributed by atoms with Gasteiger partial charge < -0.3 is 15.5 Å². The Morgan fingerprint density at radius 2 is 2.36 bits per heavy atom. The summed E-state index contributed by atoms with van der Waals surface area (Å²) in [7, 11) is 0. The van der Waals surface area contributed by atoms with Crippen LogP contribution in [0.3, 0.4) is 0 Å². The summed E-state index contributed by atoms with van der Waals surface area (Å²) in [5, 5.41) is 6.82. The van der Waals surface area contributed by atoms with Gasteiger partial charge in [-0.3, -0.25) is 4.79 Å². The highest BCUT2D eigenvalue weighted by atomic mass is 32.1. The Morgan fingerprint density at radius 3 is 3.07 bits per heavy atom. The van der Waals surface area contributed by atoms with Crippen molar-refractivity contribution in [2.24, 2.45) is 0 Å². The average Bonchev–Trinajstić information content (AvgIpc) is 2.93. The second kappa shape index (κ2) is 4.13. The molecule has 1 heterocycles. The molecule has 78 valence electrons. The summed E-state index contributed by atoms with van der Waals surface area (Å²) in [6, 6.07) is 0.564. The number of nitrogens with zero attached hydrogens (tertiary/aromatic N) is 1. The Kier molecular flexibility index (Phi) is 2.86. The number of hydrogen-bond acceptors (Lipinski definition) is 2. The van der Waals surface area contributed by atoms with E-state index in [1.54, 1.807) is 0 Å². The van der Waals surface area contributed by atoms with Crippen LogP contribution in [-0.2, 0) is 4.79 Å². The second-order valence-corrected chi connectivity index (χ2v) is 4.24. The van der Waals surface area contributed by atoms with Gasteiger partial charge in [0.1, 0.15) is 0 Å². The molecule has 0 bridgehead atoms. The van der Waals surface area contributed by atoms with Gasteiger partial charge in [0.05, 0.1) is 6.54 Å². The summed E-state index contributed by atoms with van der Waals surface area (Å²) in [6.07, 6.45) is 3.39. The fraction of sp³-hybridized carbons (Fsp3) is 0.778. The first-order valence-electron chi connectivity index (χ1n) is 5.08. The molecular formula is C9H15N3OS. The van der Waals surface area contributed by atoms with E-state index >= 15 is 0 Å². The minimum atomic E-state index is 0.0717. The fourth-order valence-corrected chi connectivity index (χ4v) is 1.80. The van der Waals surface area contributed by atoms with Gasteiger partial charge in [-0.1, -0.05) is 0 Å². The number of amides is 1. The van der Waals surface area contributed by atoms with E-state index in [1.165, 1.54) is 12.8 Å². The van der Waals surface area contributed by atoms with E-state index in [0.717, 1.165) is 24.6 Å². The Balaban J connectivity index is 1.86. The predicted molar refractivity (Wildman–Crippen MR) is 58.0 cm³/mol. The maximum atomic E-state index is 11.3. The van der Waals surface area contributed by atoms with Crippen LogP contribution in [0.1, 0.15) is 19.3 Å². The number of carbonyl (C=O) groups is 1. The van der Waals surface area contributed by atoms with Crippen molar-refractivity contribution in [2.75, 3.05) is 19.6 Å². The molecule has 1 aliphatic heterocycles. The van der Waals surface area contributed by atoms with E-state index in [-0.39, 0.29) is 5.91 Å². The van der Waals surface area contributed by atoms with E-state index in [1.807, 2.05) is 4.90 Å². The van der Waals surface area contributed by atoms with E-state index in [4.69, 9.17) is 12.2 Å². The van der Waals surface area contributed by atoms with Crippen molar-refractivity contribution in [1.82, 2.24) is 15.5 Å². The topological polar surface area (TPSA) is 44.4 Å². The van der Waals surface area contributed by atoms with Crippen molar-refractivity contribution >= 4 is 23.2 Å². The van der Waals surface area contributed by atoms with Crippen LogP contribution < -0.4 is 10.6 Å². The van der Waals surface area contributed by atoms with Gasteiger partial charge in [-0.05, 0) is 31.5 Å². The lowest BCUT2D eigenvalue weighted by molar-refractivity contribution is -0.120. The van der Waals surface area contributed by atoms with E-state index < -0.39 is 0 Å². The third kappa shape index (κ3) is 2.57. The monoisotopic (exact) mass is 213 g/mol. The Hall–Kier alpha value is -0.840. The van der Waals surface area contributed by atoms with Crippen LogP contribution in [-0.4, -0.2) is 41.6 Å². The highest BCUT2D eigenvalue weighted by Crippen LogP contribution is 2.19. The number of thiocarbonyl (C=S) groups is 1. The largest absolute Gasteiger partial charge is 0.360 e. The van der Waals surface area contributed by atoms with Crippen molar-refractivity contribution in [1.29, 1.82) is 0 Å². The minimum absolute atomic E-state index is 0.0717. The van der Waals surface area contributed by atoms with Gasteiger partial charge >= 0.3 is 0 Å². The number of carbonyl (C=O) groups excluding carboxylic acids is 1. The van der Waals surface area contributed by atoms with E-state index in [2.05, 4.69) is 10.6 Å². The van der Waals surface area contributed by atoms with Gasteiger partial charge in [-0.25, -0.2) is 0 Å². The lowest BCUT2D eigenvalue weighted by atomic mass is 10.4. The normalized spacial score (nSPS) is 22.6. The highest BCUT2D eigenvalue weighted by Gasteiger charge is 2.25. The molecule has 0 radical (unpaired) electrons. The summed E-state index contributed by atoms with van der Waals surface area (Å²) < 4.78 is 0. The number of hydrogen-bond donors (Lipinski definition) is 2. The van der Waals surface area contributed by atoms with Crippen molar-refractivity contribution < 1.29 is 4.79 Å². The third-order valence-electron chi connectivity index (χ3n) is 2.45. The standard InChI is InChI=1S/C9H15N3OS/c13-8-6-12(5-1-4-10-8)9(14)11-7-2-3-7/h7H,1-6H2,(H,10,13)(H,11,14). The molecule has 2 N–H and O–H groups in total. The lowest BCUT2D eigenvalue weighted by Gasteiger charge is -2.22. The Labute approximate surface area is 89.0 Å². The van der Waals surface area contributed by atoms with Crippen molar-refractivity contribution in [3.63, 3.8) is 0 Å². The van der Waals surface area contributed by atoms with Crippen molar-refractivity contribution in [3.8, 4) is 0 Å². The third-order valence-corrected chi connectivity index (χ3v) is 2.83. The Morgan fingerprint density at radius 1 is 1.57 bits per heavy atom. The average molecular weight is 213 g/mol. The molecule has 1 amide bonds. The van der Waals surface area contributed by atoms with Gasteiger partial charge in [0.25, 0.3) is 0 Å². The minimum Gasteiger partial charge on any atom is -0.360 e. The van der Waals surface area contributed by atoms with Crippen LogP contribution in [0.15, 0.2) is 0 Å². The quantitative estimate of drug-likeness (QED) is 0.594. The van der Waals surface area contributed by atoms with Crippen LogP contribution in [0, 0.1) is 0 Å². The van der Waals surface area contributed by atoms with E-state index in [0.29, 0.717) is 12.6 Å². The molecule has 2 fully saturated rings. The zero-order valence-corrected chi connectivity index (χ0v) is 8.90. The first-order chi connectivity index (χ1) is 6.75. The molecule has 5 heteroatoms. The van der Waals surface area contributed by atoms with Crippen LogP contribution in [0.5, 0.6) is 0 Å². The molecule has 0 aromatic carbocycles. The molecule has 14 heavy (non-hydrogen) atoms. The lowest BCUT2D eigenvalue weighted by Crippen LogP contribution is -2.44. The van der Waals surface area contributed by atoms with Crippen LogP contribution >= 0.6 is 12.2 Å². The molecule has 0 spiro atoms. The van der Waals surface area contributed by atoms with Crippen LogP contribution in [0.4, 0.5) is 0 Å². The summed E-state index contributed by atoms with van der Waals surface area (Å²) >= 11 is 5.24. The molecule has 4 nitrogen and oxygen atoms in total. The summed E-state index contributed by atoms with van der Waals surface area (Å²) in [4.78, 5) is 13.2. The van der Waals surface area contributed by atoms with Crippen molar-refractivity contribution in [3.05, 3.63) is 0 Å². The molecular weight excluding hydrogens is 198 g/mol. The van der Waals surface area contributed by atoms with Gasteiger partial charge in [0, 0.05) is 19.1 Å². The molecule has 1 saturated carbocycles. The molecule has 0 aromatic rings. The molecule has 1 aliphatic carbocycles. The molecule has 1 saturated heterocycles. The molecule has 0 atom stereocenters. The zero-order chi connectivity index (χ0) is 9.97. The summed E-state index contributed by atoms with van der Waals surface area (Å²) in [5.41, 5.74) is 0. The van der Waals surface area contributed by atoms with Gasteiger partial charge in [0.2, 0.25) is 5.91 Å². The first-order valence-corrected chi connectivity index (χ1v) is 5.48. The van der Waals surface area contributed by atoms with Crippen molar-refractivity contribution in [2.45, 2.75) is 25.3 Å².